The number of piperidine rings is 1. The van der Waals surface area contributed by atoms with Crippen LogP contribution in [-0.4, -0.2) is 37.5 Å². The van der Waals surface area contributed by atoms with Crippen LogP contribution in [0.25, 0.3) is 0 Å². The molecule has 2 aromatic rings. The monoisotopic (exact) mass is 354 g/mol. The summed E-state index contributed by atoms with van der Waals surface area (Å²) in [7, 11) is -4.29. The SMILES string of the molecule is O=S(=O)(N[C@@H]1CCCN(c2ncccn2)C1)c1c(F)cccc1F. The van der Waals surface area contributed by atoms with Crippen molar-refractivity contribution in [2.75, 3.05) is 18.0 Å². The number of hydrogen-bond donors (Lipinski definition) is 1. The first-order chi connectivity index (χ1) is 11.5. The summed E-state index contributed by atoms with van der Waals surface area (Å²) < 4.78 is 54.6. The number of nitrogens with one attached hydrogen (secondary N) is 1. The predicted octanol–water partition coefficient (Wildman–Crippen LogP) is 1.70. The molecular formula is C15H16F2N4O2S. The van der Waals surface area contributed by atoms with Crippen LogP contribution in [0.2, 0.25) is 0 Å². The molecule has 6 nitrogen and oxygen atoms in total. The van der Waals surface area contributed by atoms with Crippen LogP contribution < -0.4 is 9.62 Å². The molecule has 1 aliphatic rings. The van der Waals surface area contributed by atoms with Gasteiger partial charge >= 0.3 is 0 Å². The van der Waals surface area contributed by atoms with Crippen LogP contribution in [0, 0.1) is 11.6 Å². The lowest BCUT2D eigenvalue weighted by atomic mass is 10.1. The van der Waals surface area contributed by atoms with E-state index in [1.165, 1.54) is 0 Å². The first-order valence-corrected chi connectivity index (χ1v) is 8.94. The van der Waals surface area contributed by atoms with Crippen LogP contribution in [0.1, 0.15) is 12.8 Å². The lowest BCUT2D eigenvalue weighted by Gasteiger charge is -2.32. The maximum absolute atomic E-state index is 13.8. The molecule has 0 aliphatic carbocycles. The second kappa shape index (κ2) is 6.78. The summed E-state index contributed by atoms with van der Waals surface area (Å²) in [5.74, 6) is -1.72. The third-order valence-electron chi connectivity index (χ3n) is 3.77. The minimum atomic E-state index is -4.29. The standard InChI is InChI=1S/C15H16F2N4O2S/c16-12-5-1-6-13(17)14(12)24(22,23)20-11-4-2-9-21(10-11)15-18-7-3-8-19-15/h1,3,5-8,11,20H,2,4,9-10H2/t11-/m1/s1. The summed E-state index contributed by atoms with van der Waals surface area (Å²) in [4.78, 5) is 9.17. The van der Waals surface area contributed by atoms with E-state index < -0.39 is 32.6 Å². The van der Waals surface area contributed by atoms with Crippen LogP contribution in [0.15, 0.2) is 41.6 Å². The summed E-state index contributed by atoms with van der Waals surface area (Å²) in [5, 5.41) is 0. The Hall–Kier alpha value is -2.13. The lowest BCUT2D eigenvalue weighted by Crippen LogP contribution is -2.48. The lowest BCUT2D eigenvalue weighted by molar-refractivity contribution is 0.455. The number of anilines is 1. The predicted molar refractivity (Wildman–Crippen MR) is 83.9 cm³/mol. The fourth-order valence-electron chi connectivity index (χ4n) is 2.73. The molecule has 1 aromatic carbocycles. The van der Waals surface area contributed by atoms with Gasteiger partial charge in [-0.1, -0.05) is 6.07 Å². The molecule has 1 aliphatic heterocycles. The summed E-state index contributed by atoms with van der Waals surface area (Å²) >= 11 is 0. The van der Waals surface area contributed by atoms with E-state index in [4.69, 9.17) is 0 Å². The van der Waals surface area contributed by atoms with Crippen molar-refractivity contribution < 1.29 is 17.2 Å². The van der Waals surface area contributed by atoms with E-state index in [-0.39, 0.29) is 0 Å². The normalized spacial score (nSPS) is 18.6. The summed E-state index contributed by atoms with van der Waals surface area (Å²) in [6.07, 6.45) is 4.49. The second-order valence-electron chi connectivity index (χ2n) is 5.51. The molecule has 0 spiro atoms. The van der Waals surface area contributed by atoms with Crippen LogP contribution in [0.5, 0.6) is 0 Å². The molecule has 2 heterocycles. The maximum Gasteiger partial charge on any atom is 0.246 e. The molecular weight excluding hydrogens is 338 g/mol. The van der Waals surface area contributed by atoms with Crippen molar-refractivity contribution in [2.24, 2.45) is 0 Å². The van der Waals surface area contributed by atoms with Crippen molar-refractivity contribution in [1.29, 1.82) is 0 Å². The van der Waals surface area contributed by atoms with Crippen LogP contribution in [0.4, 0.5) is 14.7 Å². The van der Waals surface area contributed by atoms with Gasteiger partial charge in [-0.25, -0.2) is 31.9 Å². The molecule has 1 N–H and O–H groups in total. The van der Waals surface area contributed by atoms with Crippen LogP contribution in [-0.2, 0) is 10.0 Å². The first kappa shape index (κ1) is 16.7. The minimum absolute atomic E-state index is 0.333. The van der Waals surface area contributed by atoms with Gasteiger partial charge in [0.2, 0.25) is 16.0 Å². The van der Waals surface area contributed by atoms with Gasteiger partial charge in [0, 0.05) is 31.5 Å². The average Bonchev–Trinajstić information content (AvgIpc) is 2.55. The highest BCUT2D eigenvalue weighted by molar-refractivity contribution is 7.89. The smallest absolute Gasteiger partial charge is 0.246 e. The number of rotatable bonds is 4. The molecule has 3 rings (SSSR count). The van der Waals surface area contributed by atoms with Crippen molar-refractivity contribution in [1.82, 2.24) is 14.7 Å². The van der Waals surface area contributed by atoms with E-state index in [0.717, 1.165) is 18.2 Å². The number of nitrogens with zero attached hydrogens (tertiary/aromatic N) is 3. The molecule has 1 fully saturated rings. The first-order valence-electron chi connectivity index (χ1n) is 7.46. The Morgan fingerprint density at radius 3 is 2.46 bits per heavy atom. The van der Waals surface area contributed by atoms with Crippen molar-refractivity contribution in [3.63, 3.8) is 0 Å². The molecule has 0 saturated carbocycles. The fourth-order valence-corrected chi connectivity index (χ4v) is 4.13. The Labute approximate surface area is 138 Å². The highest BCUT2D eigenvalue weighted by Crippen LogP contribution is 2.21. The van der Waals surface area contributed by atoms with E-state index >= 15 is 0 Å². The Balaban J connectivity index is 1.78. The largest absolute Gasteiger partial charge is 0.339 e. The van der Waals surface area contributed by atoms with Gasteiger partial charge in [-0.05, 0) is 31.0 Å². The van der Waals surface area contributed by atoms with Gasteiger partial charge in [0.1, 0.15) is 11.6 Å². The number of benzene rings is 1. The second-order valence-corrected chi connectivity index (χ2v) is 7.16. The summed E-state index contributed by atoms with van der Waals surface area (Å²) in [5.41, 5.74) is 0. The van der Waals surface area contributed by atoms with Gasteiger partial charge < -0.3 is 4.90 Å². The number of sulfonamides is 1. The highest BCUT2D eigenvalue weighted by Gasteiger charge is 2.29. The van der Waals surface area contributed by atoms with E-state index in [2.05, 4.69) is 14.7 Å². The van der Waals surface area contributed by atoms with Crippen molar-refractivity contribution in [3.8, 4) is 0 Å². The van der Waals surface area contributed by atoms with E-state index in [1.54, 1.807) is 18.5 Å². The van der Waals surface area contributed by atoms with Crippen molar-refractivity contribution >= 4 is 16.0 Å². The van der Waals surface area contributed by atoms with Crippen LogP contribution in [0.3, 0.4) is 0 Å². The third-order valence-corrected chi connectivity index (χ3v) is 5.34. The Bertz CT molecular complexity index is 797. The Morgan fingerprint density at radius 2 is 1.79 bits per heavy atom. The van der Waals surface area contributed by atoms with Gasteiger partial charge in [0.05, 0.1) is 0 Å². The molecule has 0 radical (unpaired) electrons. The maximum atomic E-state index is 13.8. The fraction of sp³-hybridized carbons (Fsp3) is 0.333. The topological polar surface area (TPSA) is 75.2 Å². The molecule has 0 bridgehead atoms. The van der Waals surface area contributed by atoms with Crippen molar-refractivity contribution in [2.45, 2.75) is 23.8 Å². The van der Waals surface area contributed by atoms with E-state index in [9.17, 15) is 17.2 Å². The Kier molecular flexibility index (Phi) is 4.72. The van der Waals surface area contributed by atoms with Gasteiger partial charge in [-0.15, -0.1) is 0 Å². The third kappa shape index (κ3) is 3.51. The van der Waals surface area contributed by atoms with Gasteiger partial charge in [-0.3, -0.25) is 0 Å². The number of hydrogen-bond acceptors (Lipinski definition) is 5. The average molecular weight is 354 g/mol. The summed E-state index contributed by atoms with van der Waals surface area (Å²) in [6.45, 7) is 1.02. The van der Waals surface area contributed by atoms with Gasteiger partial charge in [0.25, 0.3) is 0 Å². The molecule has 128 valence electrons. The molecule has 1 saturated heterocycles. The molecule has 1 atom stereocenters. The molecule has 9 heteroatoms. The molecule has 0 unspecified atom stereocenters. The van der Waals surface area contributed by atoms with Crippen LogP contribution >= 0.6 is 0 Å². The Morgan fingerprint density at radius 1 is 1.12 bits per heavy atom. The van der Waals surface area contributed by atoms with Crippen molar-refractivity contribution in [3.05, 3.63) is 48.3 Å². The van der Waals surface area contributed by atoms with Gasteiger partial charge in [-0.2, -0.15) is 0 Å². The summed E-state index contributed by atoms with van der Waals surface area (Å²) in [6, 6.07) is 4.17. The van der Waals surface area contributed by atoms with E-state index in [0.29, 0.717) is 31.9 Å². The van der Waals surface area contributed by atoms with E-state index in [1.807, 2.05) is 4.90 Å². The minimum Gasteiger partial charge on any atom is -0.339 e. The number of aromatic nitrogens is 2. The quantitative estimate of drug-likeness (QED) is 0.905. The number of halogens is 2. The zero-order chi connectivity index (χ0) is 17.2. The zero-order valence-corrected chi connectivity index (χ0v) is 13.5. The van der Waals surface area contributed by atoms with Gasteiger partial charge in [0.15, 0.2) is 4.90 Å². The molecule has 24 heavy (non-hydrogen) atoms. The molecule has 1 aromatic heterocycles. The molecule has 0 amide bonds. The zero-order valence-electron chi connectivity index (χ0n) is 12.7. The highest BCUT2D eigenvalue weighted by atomic mass is 32.2.